The molecule has 11 heteroatoms. The molecule has 0 spiro atoms. The number of rotatable bonds is 4. The number of ether oxygens (including phenoxy) is 2. The van der Waals surface area contributed by atoms with E-state index in [4.69, 9.17) is 14.6 Å². The minimum atomic E-state index is -4.79. The highest BCUT2D eigenvalue weighted by atomic mass is 19.4. The molecule has 1 atom stereocenters. The van der Waals surface area contributed by atoms with Gasteiger partial charge < -0.3 is 24.9 Å². The number of hydrogen-bond acceptors (Lipinski definition) is 5. The number of aromatic nitrogens is 2. The lowest BCUT2D eigenvalue weighted by atomic mass is 9.81. The second-order valence-corrected chi connectivity index (χ2v) is 7.77. The Morgan fingerprint density at radius 3 is 2.64 bits per heavy atom. The van der Waals surface area contributed by atoms with Crippen LogP contribution < -0.4 is 14.8 Å². The van der Waals surface area contributed by atoms with Crippen LogP contribution in [0, 0.1) is 0 Å². The summed E-state index contributed by atoms with van der Waals surface area (Å²) in [5.74, 6) is -0.196. The standard InChI is InChI=1S/C24H18F3N3O3.CH2O2/c25-24(26,27)33-18-7-5-17(6-8-18)23(10-13-32-20-2-1-11-29-21(20)23)30-22(31)16-4-3-15-9-12-28-19(15)14-16;2-1-3/h1-9,11-12,14,28H,10,13H2,(H,30,31);1H,(H,2,3). The monoisotopic (exact) mass is 499 g/mol. The van der Waals surface area contributed by atoms with Crippen LogP contribution in [-0.4, -0.2) is 40.4 Å². The van der Waals surface area contributed by atoms with E-state index in [-0.39, 0.29) is 24.7 Å². The third-order valence-corrected chi connectivity index (χ3v) is 5.63. The zero-order valence-corrected chi connectivity index (χ0v) is 18.6. The molecule has 0 bridgehead atoms. The smallest absolute Gasteiger partial charge is 0.491 e. The van der Waals surface area contributed by atoms with Gasteiger partial charge in [-0.15, -0.1) is 13.2 Å². The van der Waals surface area contributed by atoms with Gasteiger partial charge in [-0.05, 0) is 53.4 Å². The maximum atomic E-state index is 13.4. The summed E-state index contributed by atoms with van der Waals surface area (Å²) in [6, 6.07) is 16.1. The number of hydrogen-bond donors (Lipinski definition) is 3. The van der Waals surface area contributed by atoms with Crippen LogP contribution in [0.4, 0.5) is 13.2 Å². The quantitative estimate of drug-likeness (QED) is 0.353. The normalized spacial score (nSPS) is 16.6. The fraction of sp³-hybridized carbons (Fsp3) is 0.160. The summed E-state index contributed by atoms with van der Waals surface area (Å²) in [6.07, 6.45) is -1.08. The van der Waals surface area contributed by atoms with Crippen LogP contribution in [0.3, 0.4) is 0 Å². The van der Waals surface area contributed by atoms with Crippen LogP contribution in [0.2, 0.25) is 0 Å². The van der Waals surface area contributed by atoms with Gasteiger partial charge in [0.2, 0.25) is 0 Å². The number of pyridine rings is 1. The van der Waals surface area contributed by atoms with Crippen LogP contribution >= 0.6 is 0 Å². The minimum absolute atomic E-state index is 0.250. The first-order valence-corrected chi connectivity index (χ1v) is 10.7. The SMILES string of the molecule is O=C(NC1(c2ccc(OC(F)(F)F)cc2)CCOc2cccnc21)c1ccc2cc[nH]c2c1.O=CO. The predicted octanol–water partition coefficient (Wildman–Crippen LogP) is 4.62. The number of aromatic amines is 1. The van der Waals surface area contributed by atoms with E-state index in [0.717, 1.165) is 10.9 Å². The van der Waals surface area contributed by atoms with E-state index in [1.165, 1.54) is 24.3 Å². The summed E-state index contributed by atoms with van der Waals surface area (Å²) in [6.45, 7) is 0.0371. The largest absolute Gasteiger partial charge is 0.573 e. The van der Waals surface area contributed by atoms with E-state index >= 15 is 0 Å². The number of nitrogens with zero attached hydrogens (tertiary/aromatic N) is 1. The number of carbonyl (C=O) groups is 2. The Hall–Kier alpha value is -4.54. The molecule has 1 unspecified atom stereocenters. The number of nitrogens with one attached hydrogen (secondary N) is 2. The second-order valence-electron chi connectivity index (χ2n) is 7.77. The average molecular weight is 499 g/mol. The Morgan fingerprint density at radius 2 is 1.92 bits per heavy atom. The number of halogens is 3. The highest BCUT2D eigenvalue weighted by molar-refractivity contribution is 5.98. The maximum absolute atomic E-state index is 13.4. The lowest BCUT2D eigenvalue weighted by Gasteiger charge is -2.39. The number of carboxylic acid groups (broad SMARTS) is 1. The molecule has 3 N–H and O–H groups in total. The van der Waals surface area contributed by atoms with Gasteiger partial charge in [0.05, 0.1) is 6.61 Å². The van der Waals surface area contributed by atoms with Crippen molar-refractivity contribution in [2.45, 2.75) is 18.3 Å². The third kappa shape index (κ3) is 5.09. The Labute approximate surface area is 202 Å². The minimum Gasteiger partial charge on any atom is -0.491 e. The predicted molar refractivity (Wildman–Crippen MR) is 123 cm³/mol. The Morgan fingerprint density at radius 1 is 1.17 bits per heavy atom. The number of H-pyrrole nitrogens is 1. The molecule has 2 aromatic carbocycles. The molecule has 1 aliphatic rings. The lowest BCUT2D eigenvalue weighted by Crippen LogP contribution is -2.50. The van der Waals surface area contributed by atoms with E-state index in [2.05, 4.69) is 20.0 Å². The molecule has 1 amide bonds. The van der Waals surface area contributed by atoms with Gasteiger partial charge in [0.1, 0.15) is 22.7 Å². The summed E-state index contributed by atoms with van der Waals surface area (Å²) in [7, 11) is 0. The lowest BCUT2D eigenvalue weighted by molar-refractivity contribution is -0.274. The molecular weight excluding hydrogens is 479 g/mol. The van der Waals surface area contributed by atoms with Crippen LogP contribution in [0.25, 0.3) is 10.9 Å². The van der Waals surface area contributed by atoms with Gasteiger partial charge in [-0.3, -0.25) is 14.6 Å². The summed E-state index contributed by atoms with van der Waals surface area (Å²) < 4.78 is 47.6. The molecule has 0 fully saturated rings. The highest BCUT2D eigenvalue weighted by Crippen LogP contribution is 2.41. The summed E-state index contributed by atoms with van der Waals surface area (Å²) in [4.78, 5) is 29.3. The number of benzene rings is 2. The van der Waals surface area contributed by atoms with Gasteiger partial charge in [-0.25, -0.2) is 0 Å². The van der Waals surface area contributed by atoms with Crippen molar-refractivity contribution in [1.29, 1.82) is 0 Å². The van der Waals surface area contributed by atoms with Gasteiger partial charge in [-0.1, -0.05) is 18.2 Å². The third-order valence-electron chi connectivity index (χ3n) is 5.63. The summed E-state index contributed by atoms with van der Waals surface area (Å²) in [5.41, 5.74) is 1.19. The summed E-state index contributed by atoms with van der Waals surface area (Å²) >= 11 is 0. The van der Waals surface area contributed by atoms with E-state index in [0.29, 0.717) is 29.0 Å². The molecule has 8 nitrogen and oxygen atoms in total. The molecular formula is C25H20F3N3O5. The van der Waals surface area contributed by atoms with Crippen molar-refractivity contribution < 1.29 is 37.3 Å². The molecule has 4 aromatic rings. The molecule has 3 heterocycles. The Kier molecular flexibility index (Phi) is 6.82. The number of alkyl halides is 3. The van der Waals surface area contributed by atoms with Crippen molar-refractivity contribution in [3.05, 3.63) is 89.9 Å². The van der Waals surface area contributed by atoms with Crippen LogP contribution in [0.5, 0.6) is 11.5 Å². The number of carbonyl (C=O) groups excluding carboxylic acids is 1. The highest BCUT2D eigenvalue weighted by Gasteiger charge is 2.42. The molecule has 1 aliphatic heterocycles. The van der Waals surface area contributed by atoms with Crippen LogP contribution in [0.1, 0.15) is 28.0 Å². The average Bonchev–Trinajstić information content (AvgIpc) is 3.32. The van der Waals surface area contributed by atoms with Crippen LogP contribution in [0.15, 0.2) is 73.1 Å². The molecule has 2 aromatic heterocycles. The molecule has 0 saturated heterocycles. The van der Waals surface area contributed by atoms with Gasteiger partial charge >= 0.3 is 6.36 Å². The summed E-state index contributed by atoms with van der Waals surface area (Å²) in [5, 5.41) is 10.9. The number of fused-ring (bicyclic) bond motifs is 2. The zero-order chi connectivity index (χ0) is 25.8. The molecule has 186 valence electrons. The Bertz CT molecular complexity index is 1370. The van der Waals surface area contributed by atoms with Crippen molar-refractivity contribution in [3.8, 4) is 11.5 Å². The van der Waals surface area contributed by atoms with E-state index in [1.54, 1.807) is 36.7 Å². The first-order chi connectivity index (χ1) is 17.3. The van der Waals surface area contributed by atoms with Crippen molar-refractivity contribution in [1.82, 2.24) is 15.3 Å². The van der Waals surface area contributed by atoms with Gasteiger partial charge in [0, 0.05) is 29.9 Å². The molecule has 5 rings (SSSR count). The topological polar surface area (TPSA) is 114 Å². The van der Waals surface area contributed by atoms with E-state index in [9.17, 15) is 18.0 Å². The van der Waals surface area contributed by atoms with Crippen LogP contribution in [-0.2, 0) is 10.3 Å². The zero-order valence-electron chi connectivity index (χ0n) is 18.6. The second kappa shape index (κ2) is 9.98. The van der Waals surface area contributed by atoms with Crippen molar-refractivity contribution >= 4 is 23.3 Å². The maximum Gasteiger partial charge on any atom is 0.573 e. The Balaban J connectivity index is 0.000000967. The molecule has 36 heavy (non-hydrogen) atoms. The van der Waals surface area contributed by atoms with Gasteiger partial charge in [-0.2, -0.15) is 0 Å². The van der Waals surface area contributed by atoms with E-state index in [1.807, 2.05) is 12.1 Å². The number of amides is 1. The first-order valence-electron chi connectivity index (χ1n) is 10.7. The molecule has 0 radical (unpaired) electrons. The van der Waals surface area contributed by atoms with E-state index < -0.39 is 11.9 Å². The molecule has 0 saturated carbocycles. The molecule has 0 aliphatic carbocycles. The fourth-order valence-corrected chi connectivity index (χ4v) is 4.13. The van der Waals surface area contributed by atoms with Gasteiger partial charge in [0.25, 0.3) is 12.4 Å². The van der Waals surface area contributed by atoms with Crippen molar-refractivity contribution in [2.75, 3.05) is 6.61 Å². The first kappa shape index (κ1) is 24.6. The fourth-order valence-electron chi connectivity index (χ4n) is 4.13. The van der Waals surface area contributed by atoms with Gasteiger partial charge in [0.15, 0.2) is 0 Å². The van der Waals surface area contributed by atoms with Crippen molar-refractivity contribution in [3.63, 3.8) is 0 Å². The van der Waals surface area contributed by atoms with Crippen molar-refractivity contribution in [2.24, 2.45) is 0 Å².